The largest absolute Gasteiger partial charge is 0.357 e. The zero-order valence-electron chi connectivity index (χ0n) is 12.8. The average Bonchev–Trinajstić information content (AvgIpc) is 3.05. The molecule has 0 saturated carbocycles. The molecular formula is C16H25N5. The normalized spacial score (nSPS) is 15.1. The number of pyridine rings is 1. The van der Waals surface area contributed by atoms with Crippen LogP contribution in [-0.4, -0.2) is 37.1 Å². The van der Waals surface area contributed by atoms with Gasteiger partial charge in [0.1, 0.15) is 5.82 Å². The third kappa shape index (κ3) is 4.77. The Morgan fingerprint density at radius 2 is 2.24 bits per heavy atom. The van der Waals surface area contributed by atoms with E-state index in [9.17, 15) is 0 Å². The third-order valence-corrected chi connectivity index (χ3v) is 3.42. The summed E-state index contributed by atoms with van der Waals surface area (Å²) in [7, 11) is 0. The van der Waals surface area contributed by atoms with Gasteiger partial charge in [0, 0.05) is 32.4 Å². The molecule has 2 rings (SSSR count). The fourth-order valence-corrected chi connectivity index (χ4v) is 2.36. The van der Waals surface area contributed by atoms with Gasteiger partial charge in [0.25, 0.3) is 0 Å². The molecule has 1 aliphatic rings. The highest BCUT2D eigenvalue weighted by Crippen LogP contribution is 2.18. The minimum absolute atomic E-state index is 0.649. The Morgan fingerprint density at radius 1 is 1.43 bits per heavy atom. The number of nitrogens with zero attached hydrogens (tertiary/aromatic N) is 3. The summed E-state index contributed by atoms with van der Waals surface area (Å²) in [5, 5.41) is 6.43. The number of rotatable bonds is 6. The molecule has 0 aliphatic carbocycles. The zero-order chi connectivity index (χ0) is 14.9. The van der Waals surface area contributed by atoms with Crippen molar-refractivity contribution in [3.8, 4) is 0 Å². The van der Waals surface area contributed by atoms with E-state index in [-0.39, 0.29) is 0 Å². The van der Waals surface area contributed by atoms with Gasteiger partial charge in [-0.25, -0.2) is 9.98 Å². The van der Waals surface area contributed by atoms with Crippen LogP contribution in [0.4, 0.5) is 5.82 Å². The summed E-state index contributed by atoms with van der Waals surface area (Å²) in [5.41, 5.74) is 1.18. The van der Waals surface area contributed by atoms with Crippen molar-refractivity contribution in [3.05, 3.63) is 36.5 Å². The predicted molar refractivity (Wildman–Crippen MR) is 88.7 cm³/mol. The number of aliphatic imine (C=N–C) groups is 1. The Kier molecular flexibility index (Phi) is 6.06. The van der Waals surface area contributed by atoms with Crippen LogP contribution in [0, 0.1) is 0 Å². The maximum atomic E-state index is 4.59. The first-order valence-electron chi connectivity index (χ1n) is 7.66. The lowest BCUT2D eigenvalue weighted by Gasteiger charge is -2.16. The highest BCUT2D eigenvalue weighted by Gasteiger charge is 2.13. The first-order chi connectivity index (χ1) is 10.3. The molecule has 1 aromatic rings. The van der Waals surface area contributed by atoms with Crippen molar-refractivity contribution in [2.45, 2.75) is 26.3 Å². The van der Waals surface area contributed by atoms with E-state index in [0.29, 0.717) is 13.1 Å². The minimum Gasteiger partial charge on any atom is -0.357 e. The van der Waals surface area contributed by atoms with Gasteiger partial charge in [-0.15, -0.1) is 6.58 Å². The number of hydrogen-bond donors (Lipinski definition) is 2. The van der Waals surface area contributed by atoms with Crippen LogP contribution in [0.1, 0.15) is 25.3 Å². The van der Waals surface area contributed by atoms with Crippen molar-refractivity contribution >= 4 is 11.8 Å². The number of nitrogens with one attached hydrogen (secondary N) is 2. The molecule has 2 heterocycles. The summed E-state index contributed by atoms with van der Waals surface area (Å²) in [6.07, 6.45) is 6.23. The minimum atomic E-state index is 0.649. The highest BCUT2D eigenvalue weighted by atomic mass is 15.2. The SMILES string of the molecule is C=CCNC(=NCc1ccnc(N2CCCC2)c1)NCC. The number of hydrogen-bond acceptors (Lipinski definition) is 3. The van der Waals surface area contributed by atoms with Crippen LogP contribution >= 0.6 is 0 Å². The molecule has 0 spiro atoms. The molecule has 0 unspecified atom stereocenters. The molecular weight excluding hydrogens is 262 g/mol. The highest BCUT2D eigenvalue weighted by molar-refractivity contribution is 5.79. The zero-order valence-corrected chi connectivity index (χ0v) is 12.8. The second-order valence-corrected chi connectivity index (χ2v) is 5.08. The number of guanidine groups is 1. The van der Waals surface area contributed by atoms with E-state index in [1.807, 2.05) is 18.3 Å². The Balaban J connectivity index is 2.00. The first-order valence-corrected chi connectivity index (χ1v) is 7.66. The monoisotopic (exact) mass is 287 g/mol. The van der Waals surface area contributed by atoms with Crippen LogP contribution < -0.4 is 15.5 Å². The van der Waals surface area contributed by atoms with Gasteiger partial charge < -0.3 is 15.5 Å². The van der Waals surface area contributed by atoms with Crippen LogP contribution in [0.5, 0.6) is 0 Å². The molecule has 0 aromatic carbocycles. The van der Waals surface area contributed by atoms with Crippen molar-refractivity contribution in [2.75, 3.05) is 31.1 Å². The third-order valence-electron chi connectivity index (χ3n) is 3.42. The lowest BCUT2D eigenvalue weighted by Crippen LogP contribution is -2.37. The van der Waals surface area contributed by atoms with E-state index in [1.54, 1.807) is 0 Å². The molecule has 1 aromatic heterocycles. The van der Waals surface area contributed by atoms with Gasteiger partial charge in [-0.1, -0.05) is 6.08 Å². The Bertz CT molecular complexity index is 477. The van der Waals surface area contributed by atoms with Gasteiger partial charge >= 0.3 is 0 Å². The predicted octanol–water partition coefficient (Wildman–Crippen LogP) is 1.92. The molecule has 1 saturated heterocycles. The lowest BCUT2D eigenvalue weighted by molar-refractivity contribution is 0.858. The average molecular weight is 287 g/mol. The molecule has 0 bridgehead atoms. The van der Waals surface area contributed by atoms with Gasteiger partial charge in [0.15, 0.2) is 5.96 Å². The van der Waals surface area contributed by atoms with Gasteiger partial charge in [-0.3, -0.25) is 0 Å². The quantitative estimate of drug-likeness (QED) is 0.477. The molecule has 0 atom stereocenters. The Labute approximate surface area is 127 Å². The fourth-order valence-electron chi connectivity index (χ4n) is 2.36. The van der Waals surface area contributed by atoms with E-state index >= 15 is 0 Å². The van der Waals surface area contributed by atoms with Crippen LogP contribution in [0.3, 0.4) is 0 Å². The Hall–Kier alpha value is -2.04. The van der Waals surface area contributed by atoms with Crippen LogP contribution in [0.25, 0.3) is 0 Å². The second kappa shape index (κ2) is 8.29. The Morgan fingerprint density at radius 3 is 2.95 bits per heavy atom. The number of anilines is 1. The molecule has 1 aliphatic heterocycles. The van der Waals surface area contributed by atoms with Crippen molar-refractivity contribution in [1.29, 1.82) is 0 Å². The van der Waals surface area contributed by atoms with Gasteiger partial charge in [0.05, 0.1) is 6.54 Å². The topological polar surface area (TPSA) is 52.6 Å². The molecule has 0 amide bonds. The standard InChI is InChI=1S/C16H25N5/c1-3-8-19-16(17-4-2)20-13-14-7-9-18-15(12-14)21-10-5-6-11-21/h3,7,9,12H,1,4-6,8,10-11,13H2,2H3,(H2,17,19,20). The number of aromatic nitrogens is 1. The molecule has 0 radical (unpaired) electrons. The fraction of sp³-hybridized carbons (Fsp3) is 0.500. The smallest absolute Gasteiger partial charge is 0.191 e. The van der Waals surface area contributed by atoms with Crippen LogP contribution in [-0.2, 0) is 6.54 Å². The van der Waals surface area contributed by atoms with Crippen molar-refractivity contribution < 1.29 is 0 Å². The van der Waals surface area contributed by atoms with E-state index in [4.69, 9.17) is 0 Å². The van der Waals surface area contributed by atoms with Gasteiger partial charge in [-0.2, -0.15) is 0 Å². The maximum Gasteiger partial charge on any atom is 0.191 e. The molecule has 21 heavy (non-hydrogen) atoms. The van der Waals surface area contributed by atoms with Gasteiger partial charge in [-0.05, 0) is 37.5 Å². The van der Waals surface area contributed by atoms with E-state index in [1.165, 1.54) is 18.4 Å². The summed E-state index contributed by atoms with van der Waals surface area (Å²) >= 11 is 0. The summed E-state index contributed by atoms with van der Waals surface area (Å²) in [4.78, 5) is 11.4. The molecule has 1 fully saturated rings. The first kappa shape index (κ1) is 15.4. The maximum absolute atomic E-state index is 4.59. The van der Waals surface area contributed by atoms with Crippen molar-refractivity contribution in [1.82, 2.24) is 15.6 Å². The molecule has 114 valence electrons. The van der Waals surface area contributed by atoms with E-state index in [0.717, 1.165) is 31.4 Å². The van der Waals surface area contributed by atoms with Crippen molar-refractivity contribution in [3.63, 3.8) is 0 Å². The van der Waals surface area contributed by atoms with Crippen molar-refractivity contribution in [2.24, 2.45) is 4.99 Å². The summed E-state index contributed by atoms with van der Waals surface area (Å²) in [6, 6.07) is 4.17. The van der Waals surface area contributed by atoms with E-state index in [2.05, 4.69) is 45.1 Å². The molecule has 2 N–H and O–H groups in total. The van der Waals surface area contributed by atoms with Crippen LogP contribution in [0.15, 0.2) is 36.0 Å². The van der Waals surface area contributed by atoms with Gasteiger partial charge in [0.2, 0.25) is 0 Å². The molecule has 5 heteroatoms. The van der Waals surface area contributed by atoms with E-state index < -0.39 is 0 Å². The van der Waals surface area contributed by atoms with Crippen LogP contribution in [0.2, 0.25) is 0 Å². The summed E-state index contributed by atoms with van der Waals surface area (Å²) < 4.78 is 0. The summed E-state index contributed by atoms with van der Waals surface area (Å²) in [5.74, 6) is 1.89. The second-order valence-electron chi connectivity index (χ2n) is 5.08. The summed E-state index contributed by atoms with van der Waals surface area (Å²) in [6.45, 7) is 10.2. The lowest BCUT2D eigenvalue weighted by atomic mass is 10.2. The molecule has 5 nitrogen and oxygen atoms in total.